The predicted octanol–water partition coefficient (Wildman–Crippen LogP) is 4.04. The summed E-state index contributed by atoms with van der Waals surface area (Å²) in [5.41, 5.74) is 6.35. The first-order valence-electron chi connectivity index (χ1n) is 15.6. The highest BCUT2D eigenvalue weighted by molar-refractivity contribution is 6.16. The van der Waals surface area contributed by atoms with Crippen LogP contribution in [0.5, 0.6) is 0 Å². The number of hydrogen-bond donors (Lipinski definition) is 3. The van der Waals surface area contributed by atoms with E-state index in [1.165, 1.54) is 13.8 Å². The largest absolute Gasteiger partial charge is 0.478 e. The zero-order valence-electron chi connectivity index (χ0n) is 27.2. The Kier molecular flexibility index (Phi) is 11.9. The number of rotatable bonds is 12. The quantitative estimate of drug-likeness (QED) is 0.227. The van der Waals surface area contributed by atoms with Crippen molar-refractivity contribution < 1.29 is 47.1 Å². The minimum Gasteiger partial charge on any atom is -0.478 e. The number of carboxylic acids is 1. The molecule has 2 unspecified atom stereocenters. The molecule has 47 heavy (non-hydrogen) atoms. The number of aromatic carboxylic acids is 1. The van der Waals surface area contributed by atoms with E-state index >= 15 is 8.78 Å². The number of carbonyl (C=O) groups is 6. The Labute approximate surface area is 272 Å². The number of amides is 5. The van der Waals surface area contributed by atoms with E-state index in [1.807, 2.05) is 0 Å². The molecule has 254 valence electrons. The number of nitrogens with zero attached hydrogens (tertiary/aromatic N) is 2. The van der Waals surface area contributed by atoms with Gasteiger partial charge in [0, 0.05) is 24.9 Å². The molecule has 0 saturated carbocycles. The molecule has 4 N–H and O–H groups in total. The van der Waals surface area contributed by atoms with Crippen molar-refractivity contribution in [3.05, 3.63) is 71.3 Å². The van der Waals surface area contributed by atoms with Crippen molar-refractivity contribution in [3.63, 3.8) is 0 Å². The van der Waals surface area contributed by atoms with Crippen molar-refractivity contribution in [2.75, 3.05) is 13.1 Å². The lowest BCUT2D eigenvalue weighted by atomic mass is 9.94. The van der Waals surface area contributed by atoms with Crippen LogP contribution in [0.1, 0.15) is 73.7 Å². The molecule has 3 rings (SSSR count). The molecule has 1 aliphatic heterocycles. The normalized spacial score (nSPS) is 19.2. The molecule has 0 spiro atoms. The van der Waals surface area contributed by atoms with Crippen molar-refractivity contribution >= 4 is 35.5 Å². The lowest BCUT2D eigenvalue weighted by molar-refractivity contribution is -0.785. The van der Waals surface area contributed by atoms with Crippen LogP contribution < -0.4 is 11.1 Å². The summed E-state index contributed by atoms with van der Waals surface area (Å²) < 4.78 is 31.3. The van der Waals surface area contributed by atoms with Crippen LogP contribution in [0.2, 0.25) is 0 Å². The number of imide groups is 2. The number of quaternary nitrogens is 1. The Balaban J connectivity index is 1.96. The van der Waals surface area contributed by atoms with Crippen LogP contribution in [0.25, 0.3) is 0 Å². The molecule has 5 amide bonds. The number of Topliss-reactive ketones (excluding diaryl/α,β-unsaturated/α-hetero) is 1. The van der Waals surface area contributed by atoms with Gasteiger partial charge in [0.1, 0.15) is 18.1 Å². The van der Waals surface area contributed by atoms with Crippen molar-refractivity contribution in [1.82, 2.24) is 10.2 Å². The molecule has 0 aromatic heterocycles. The SMILES string of the molecule is CC(C)C(NC(=O)[N+]1(C(=O)[C@@H](N)C(C)C)CCC[C@H]1C)C(=O)C(F)(F)C(=O)N(CCc1ccccc1)C(=O)c1ccc(C(=O)O)cc1. The molecule has 0 bridgehead atoms. The van der Waals surface area contributed by atoms with Crippen LogP contribution in [0.4, 0.5) is 13.6 Å². The summed E-state index contributed by atoms with van der Waals surface area (Å²) in [6, 6.07) is 8.41. The molecule has 1 heterocycles. The first kappa shape index (κ1) is 37.1. The molecular formula is C34H43F2N4O7+. The maximum atomic E-state index is 16.0. The fourth-order valence-corrected chi connectivity index (χ4v) is 5.70. The highest BCUT2D eigenvalue weighted by Crippen LogP contribution is 2.31. The van der Waals surface area contributed by atoms with Gasteiger partial charge < -0.3 is 10.8 Å². The number of nitrogens with one attached hydrogen (secondary N) is 1. The van der Waals surface area contributed by atoms with E-state index in [0.29, 0.717) is 18.4 Å². The van der Waals surface area contributed by atoms with E-state index in [0.717, 1.165) is 24.3 Å². The zero-order valence-corrected chi connectivity index (χ0v) is 27.2. The number of nitrogens with two attached hydrogens (primary N) is 1. The van der Waals surface area contributed by atoms with Gasteiger partial charge in [0.25, 0.3) is 5.91 Å². The summed E-state index contributed by atoms with van der Waals surface area (Å²) in [6.07, 6.45) is 0.965. The molecule has 1 aliphatic rings. The number of alkyl halides is 2. The summed E-state index contributed by atoms with van der Waals surface area (Å²) in [7, 11) is 0. The van der Waals surface area contributed by atoms with Gasteiger partial charge >= 0.3 is 29.7 Å². The predicted molar refractivity (Wildman–Crippen MR) is 168 cm³/mol. The van der Waals surface area contributed by atoms with Crippen molar-refractivity contribution in [1.29, 1.82) is 0 Å². The fourth-order valence-electron chi connectivity index (χ4n) is 5.70. The molecule has 13 heteroatoms. The van der Waals surface area contributed by atoms with Crippen molar-refractivity contribution in [3.8, 4) is 0 Å². The summed E-state index contributed by atoms with van der Waals surface area (Å²) in [4.78, 5) is 79.5. The Morgan fingerprint density at radius 2 is 1.53 bits per heavy atom. The van der Waals surface area contributed by atoms with Gasteiger partial charge in [-0.2, -0.15) is 13.3 Å². The molecular weight excluding hydrogens is 614 g/mol. The van der Waals surface area contributed by atoms with E-state index in [9.17, 15) is 33.9 Å². The molecule has 2 aromatic carbocycles. The smallest absolute Gasteiger partial charge is 0.424 e. The Morgan fingerprint density at radius 3 is 2.02 bits per heavy atom. The van der Waals surface area contributed by atoms with Gasteiger partial charge in [-0.1, -0.05) is 58.0 Å². The van der Waals surface area contributed by atoms with Crippen LogP contribution in [0, 0.1) is 11.8 Å². The van der Waals surface area contributed by atoms with E-state index < -0.39 is 76.5 Å². The third-order valence-electron chi connectivity index (χ3n) is 8.79. The Bertz CT molecular complexity index is 1500. The zero-order chi connectivity index (χ0) is 35.3. The van der Waals surface area contributed by atoms with Crippen LogP contribution in [-0.4, -0.2) is 87.1 Å². The number of ketones is 1. The highest BCUT2D eigenvalue weighted by atomic mass is 19.3. The number of carboxylic acid groups (broad SMARTS) is 1. The first-order chi connectivity index (χ1) is 22.0. The van der Waals surface area contributed by atoms with E-state index in [-0.39, 0.29) is 34.9 Å². The monoisotopic (exact) mass is 657 g/mol. The van der Waals surface area contributed by atoms with Crippen LogP contribution in [-0.2, 0) is 20.8 Å². The van der Waals surface area contributed by atoms with E-state index in [4.69, 9.17) is 5.73 Å². The maximum absolute atomic E-state index is 16.0. The second-order valence-electron chi connectivity index (χ2n) is 12.7. The Hall–Kier alpha value is -4.36. The first-order valence-corrected chi connectivity index (χ1v) is 15.6. The van der Waals surface area contributed by atoms with Gasteiger partial charge in [-0.15, -0.1) is 0 Å². The molecule has 11 nitrogen and oxygen atoms in total. The summed E-state index contributed by atoms with van der Waals surface area (Å²) in [6.45, 7) is 7.48. The third kappa shape index (κ3) is 7.79. The lowest BCUT2D eigenvalue weighted by Gasteiger charge is -2.37. The van der Waals surface area contributed by atoms with E-state index in [2.05, 4.69) is 5.32 Å². The third-order valence-corrected chi connectivity index (χ3v) is 8.79. The van der Waals surface area contributed by atoms with Crippen molar-refractivity contribution in [2.24, 2.45) is 17.6 Å². The average Bonchev–Trinajstić information content (AvgIpc) is 3.44. The van der Waals surface area contributed by atoms with Gasteiger partial charge in [0.05, 0.1) is 12.1 Å². The number of likely N-dealkylation sites (tertiary alicyclic amines) is 1. The highest BCUT2D eigenvalue weighted by Gasteiger charge is 2.58. The topological polar surface area (TPSA) is 164 Å². The second kappa shape index (κ2) is 15.0. The van der Waals surface area contributed by atoms with E-state index in [1.54, 1.807) is 51.1 Å². The van der Waals surface area contributed by atoms with Gasteiger partial charge in [-0.25, -0.2) is 14.4 Å². The molecule has 0 radical (unpaired) electrons. The molecule has 1 saturated heterocycles. The molecule has 0 aliphatic carbocycles. The number of urea groups is 1. The summed E-state index contributed by atoms with van der Waals surface area (Å²) in [5.74, 6) is -13.1. The lowest BCUT2D eigenvalue weighted by Crippen LogP contribution is -2.69. The summed E-state index contributed by atoms with van der Waals surface area (Å²) >= 11 is 0. The van der Waals surface area contributed by atoms with Crippen LogP contribution in [0.3, 0.4) is 0 Å². The van der Waals surface area contributed by atoms with Crippen molar-refractivity contribution in [2.45, 2.75) is 77.9 Å². The van der Waals surface area contributed by atoms with Gasteiger partial charge in [0.2, 0.25) is 5.78 Å². The number of benzene rings is 2. The maximum Gasteiger partial charge on any atom is 0.424 e. The average molecular weight is 658 g/mol. The summed E-state index contributed by atoms with van der Waals surface area (Å²) in [5, 5.41) is 11.5. The molecule has 4 atom stereocenters. The van der Waals surface area contributed by atoms with Gasteiger partial charge in [-0.05, 0) is 55.0 Å². The van der Waals surface area contributed by atoms with Gasteiger partial charge in [0.15, 0.2) is 0 Å². The molecule has 2 aromatic rings. The van der Waals surface area contributed by atoms with Gasteiger partial charge in [-0.3, -0.25) is 24.6 Å². The standard InChI is InChI=1S/C34H42F2N4O7/c1-20(2)26(37)30(43)40(19-9-10-22(40)5)33(47)38-27(21(3)4)28(41)34(35,36)32(46)39(18-17-23-11-7-6-8-12-23)29(42)24-13-15-25(16-14-24)31(44)45/h6-8,11-16,20-22,26-27H,9-10,17-19,37H2,1-5H3,(H-,38,44,45,47)/p+1/t22-,26+,27?,40?/m1/s1. The minimum atomic E-state index is -4.77. The fraction of sp³-hybridized carbons (Fsp3) is 0.471. The molecule has 1 fully saturated rings. The number of halogens is 2. The van der Waals surface area contributed by atoms with Crippen LogP contribution in [0.15, 0.2) is 54.6 Å². The Morgan fingerprint density at radius 1 is 0.957 bits per heavy atom. The number of carbonyl (C=O) groups excluding carboxylic acids is 5. The second-order valence-corrected chi connectivity index (χ2v) is 12.7. The number of hydrogen-bond acceptors (Lipinski definition) is 7. The minimum absolute atomic E-state index is 0.0176. The van der Waals surface area contributed by atoms with Crippen LogP contribution >= 0.6 is 0 Å².